The average Bonchev–Trinajstić information content (AvgIpc) is 2.44. The van der Waals surface area contributed by atoms with Gasteiger partial charge in [0.2, 0.25) is 0 Å². The molecule has 0 saturated carbocycles. The SMILES string of the molecule is Cc1ccc(C(CN)C(O)c2ccccc2C)cc1C. The largest absolute Gasteiger partial charge is 0.388 e. The molecule has 0 aliphatic heterocycles. The van der Waals surface area contributed by atoms with Crippen LogP contribution in [0, 0.1) is 20.8 Å². The van der Waals surface area contributed by atoms with Crippen LogP contribution in [0.3, 0.4) is 0 Å². The zero-order chi connectivity index (χ0) is 14.7. The quantitative estimate of drug-likeness (QED) is 0.893. The maximum Gasteiger partial charge on any atom is 0.0873 e. The summed E-state index contributed by atoms with van der Waals surface area (Å²) in [7, 11) is 0. The van der Waals surface area contributed by atoms with E-state index in [0.717, 1.165) is 16.7 Å². The molecular formula is C18H23NO. The summed E-state index contributed by atoms with van der Waals surface area (Å²) in [6, 6.07) is 14.2. The van der Waals surface area contributed by atoms with Crippen molar-refractivity contribution < 1.29 is 5.11 Å². The first-order valence-electron chi connectivity index (χ1n) is 7.05. The lowest BCUT2D eigenvalue weighted by Gasteiger charge is -2.24. The first kappa shape index (κ1) is 14.8. The van der Waals surface area contributed by atoms with Crippen molar-refractivity contribution in [2.24, 2.45) is 5.73 Å². The fourth-order valence-corrected chi connectivity index (χ4v) is 2.58. The highest BCUT2D eigenvalue weighted by Gasteiger charge is 2.22. The van der Waals surface area contributed by atoms with E-state index in [9.17, 15) is 5.11 Å². The molecule has 3 N–H and O–H groups in total. The number of hydrogen-bond acceptors (Lipinski definition) is 2. The Hall–Kier alpha value is -1.64. The Balaban J connectivity index is 2.36. The average molecular weight is 269 g/mol. The monoisotopic (exact) mass is 269 g/mol. The van der Waals surface area contributed by atoms with E-state index in [4.69, 9.17) is 5.73 Å². The van der Waals surface area contributed by atoms with Gasteiger partial charge in [-0.3, -0.25) is 0 Å². The molecule has 2 rings (SSSR count). The van der Waals surface area contributed by atoms with Crippen LogP contribution in [0.4, 0.5) is 0 Å². The van der Waals surface area contributed by atoms with Gasteiger partial charge in [0.25, 0.3) is 0 Å². The third kappa shape index (κ3) is 2.92. The highest BCUT2D eigenvalue weighted by Crippen LogP contribution is 2.32. The molecule has 106 valence electrons. The number of aliphatic hydroxyl groups is 1. The molecule has 2 nitrogen and oxygen atoms in total. The van der Waals surface area contributed by atoms with Crippen LogP contribution in [-0.4, -0.2) is 11.7 Å². The lowest BCUT2D eigenvalue weighted by atomic mass is 9.86. The van der Waals surface area contributed by atoms with Gasteiger partial charge in [-0.05, 0) is 48.6 Å². The Bertz CT molecular complexity index is 592. The standard InChI is InChI=1S/C18H23NO/c1-12-8-9-15(10-14(12)3)17(11-19)18(20)16-7-5-4-6-13(16)2/h4-10,17-18,20H,11,19H2,1-3H3. The van der Waals surface area contributed by atoms with E-state index in [1.54, 1.807) is 0 Å². The molecule has 0 aliphatic carbocycles. The number of hydrogen-bond donors (Lipinski definition) is 2. The van der Waals surface area contributed by atoms with Crippen LogP contribution >= 0.6 is 0 Å². The molecule has 0 saturated heterocycles. The Labute approximate surface area is 121 Å². The molecule has 0 amide bonds. The van der Waals surface area contributed by atoms with Gasteiger partial charge in [-0.15, -0.1) is 0 Å². The number of aliphatic hydroxyl groups excluding tert-OH is 1. The minimum absolute atomic E-state index is 0.0737. The third-order valence-corrected chi connectivity index (χ3v) is 4.10. The predicted octanol–water partition coefficient (Wildman–Crippen LogP) is 3.39. The lowest BCUT2D eigenvalue weighted by Crippen LogP contribution is -2.21. The van der Waals surface area contributed by atoms with E-state index in [1.165, 1.54) is 11.1 Å². The molecule has 2 aromatic rings. The first-order chi connectivity index (χ1) is 9.54. The fraction of sp³-hybridized carbons (Fsp3) is 0.333. The van der Waals surface area contributed by atoms with Crippen molar-refractivity contribution in [1.82, 2.24) is 0 Å². The summed E-state index contributed by atoms with van der Waals surface area (Å²) in [5.41, 5.74) is 11.6. The molecular weight excluding hydrogens is 246 g/mol. The second kappa shape index (κ2) is 6.21. The molecule has 20 heavy (non-hydrogen) atoms. The molecule has 0 fully saturated rings. The van der Waals surface area contributed by atoms with Gasteiger partial charge in [0.05, 0.1) is 6.10 Å². The van der Waals surface area contributed by atoms with Crippen molar-refractivity contribution in [3.05, 3.63) is 70.3 Å². The molecule has 2 unspecified atom stereocenters. The molecule has 0 spiro atoms. The summed E-state index contributed by atoms with van der Waals surface area (Å²) < 4.78 is 0. The second-order valence-corrected chi connectivity index (χ2v) is 5.49. The Morgan fingerprint density at radius 2 is 1.65 bits per heavy atom. The number of rotatable bonds is 4. The maximum absolute atomic E-state index is 10.7. The van der Waals surface area contributed by atoms with Crippen molar-refractivity contribution in [1.29, 1.82) is 0 Å². The van der Waals surface area contributed by atoms with Crippen LogP contribution in [0.2, 0.25) is 0 Å². The summed E-state index contributed by atoms with van der Waals surface area (Å²) in [6.07, 6.45) is -0.566. The summed E-state index contributed by atoms with van der Waals surface area (Å²) >= 11 is 0. The summed E-state index contributed by atoms with van der Waals surface area (Å²) in [5.74, 6) is -0.0737. The molecule has 0 aliphatic rings. The molecule has 0 heterocycles. The number of aryl methyl sites for hydroxylation is 3. The highest BCUT2D eigenvalue weighted by atomic mass is 16.3. The van der Waals surface area contributed by atoms with Crippen LogP contribution in [0.5, 0.6) is 0 Å². The Kier molecular flexibility index (Phi) is 4.58. The van der Waals surface area contributed by atoms with Crippen molar-refractivity contribution in [3.8, 4) is 0 Å². The van der Waals surface area contributed by atoms with Crippen LogP contribution in [0.25, 0.3) is 0 Å². The van der Waals surface area contributed by atoms with Crippen LogP contribution in [0.15, 0.2) is 42.5 Å². The van der Waals surface area contributed by atoms with E-state index in [2.05, 4.69) is 32.0 Å². The molecule has 0 bridgehead atoms. The minimum atomic E-state index is -0.566. The van der Waals surface area contributed by atoms with Crippen LogP contribution in [0.1, 0.15) is 39.8 Å². The van der Waals surface area contributed by atoms with Gasteiger partial charge >= 0.3 is 0 Å². The highest BCUT2D eigenvalue weighted by molar-refractivity contribution is 5.36. The van der Waals surface area contributed by atoms with Crippen molar-refractivity contribution in [3.63, 3.8) is 0 Å². The van der Waals surface area contributed by atoms with E-state index in [1.807, 2.05) is 31.2 Å². The maximum atomic E-state index is 10.7. The fourth-order valence-electron chi connectivity index (χ4n) is 2.58. The van der Waals surface area contributed by atoms with E-state index < -0.39 is 6.10 Å². The Morgan fingerprint density at radius 3 is 2.25 bits per heavy atom. The van der Waals surface area contributed by atoms with Gasteiger partial charge in [-0.1, -0.05) is 42.5 Å². The van der Waals surface area contributed by atoms with Gasteiger partial charge in [0.1, 0.15) is 0 Å². The topological polar surface area (TPSA) is 46.2 Å². The normalized spacial score (nSPS) is 14.1. The predicted molar refractivity (Wildman–Crippen MR) is 83.9 cm³/mol. The van der Waals surface area contributed by atoms with E-state index in [-0.39, 0.29) is 5.92 Å². The van der Waals surface area contributed by atoms with Gasteiger partial charge in [-0.2, -0.15) is 0 Å². The first-order valence-corrected chi connectivity index (χ1v) is 7.05. The lowest BCUT2D eigenvalue weighted by molar-refractivity contribution is 0.147. The van der Waals surface area contributed by atoms with Crippen LogP contribution < -0.4 is 5.73 Å². The Morgan fingerprint density at radius 1 is 0.950 bits per heavy atom. The number of nitrogens with two attached hydrogens (primary N) is 1. The van der Waals surface area contributed by atoms with Gasteiger partial charge in [0.15, 0.2) is 0 Å². The van der Waals surface area contributed by atoms with Crippen molar-refractivity contribution >= 4 is 0 Å². The summed E-state index contributed by atoms with van der Waals surface area (Å²) in [5, 5.41) is 10.7. The summed E-state index contributed by atoms with van der Waals surface area (Å²) in [4.78, 5) is 0. The van der Waals surface area contributed by atoms with Gasteiger partial charge in [0, 0.05) is 12.5 Å². The van der Waals surface area contributed by atoms with Crippen molar-refractivity contribution in [2.75, 3.05) is 6.54 Å². The molecule has 2 atom stereocenters. The zero-order valence-corrected chi connectivity index (χ0v) is 12.4. The smallest absolute Gasteiger partial charge is 0.0873 e. The number of benzene rings is 2. The van der Waals surface area contributed by atoms with Crippen molar-refractivity contribution in [2.45, 2.75) is 32.8 Å². The second-order valence-electron chi connectivity index (χ2n) is 5.49. The third-order valence-electron chi connectivity index (χ3n) is 4.10. The van der Waals surface area contributed by atoms with Crippen LogP contribution in [-0.2, 0) is 0 Å². The summed E-state index contributed by atoms with van der Waals surface area (Å²) in [6.45, 7) is 6.63. The molecule has 2 aromatic carbocycles. The zero-order valence-electron chi connectivity index (χ0n) is 12.4. The molecule has 2 heteroatoms. The minimum Gasteiger partial charge on any atom is -0.388 e. The van der Waals surface area contributed by atoms with E-state index in [0.29, 0.717) is 6.54 Å². The van der Waals surface area contributed by atoms with Gasteiger partial charge in [-0.25, -0.2) is 0 Å². The molecule has 0 radical (unpaired) electrons. The van der Waals surface area contributed by atoms with Gasteiger partial charge < -0.3 is 10.8 Å². The van der Waals surface area contributed by atoms with E-state index >= 15 is 0 Å². The molecule has 0 aromatic heterocycles.